The van der Waals surface area contributed by atoms with Crippen LogP contribution in [-0.2, 0) is 31.0 Å². The maximum Gasteiger partial charge on any atom is 0.329 e. The summed E-state index contributed by atoms with van der Waals surface area (Å²) in [7, 11) is 0. The van der Waals surface area contributed by atoms with E-state index in [1.165, 1.54) is 12.3 Å². The summed E-state index contributed by atoms with van der Waals surface area (Å²) in [6.07, 6.45) is 1.25. The van der Waals surface area contributed by atoms with Crippen molar-refractivity contribution in [3.8, 4) is 17.1 Å². The van der Waals surface area contributed by atoms with Crippen molar-refractivity contribution in [3.05, 3.63) is 100.0 Å². The first kappa shape index (κ1) is 27.8. The van der Waals surface area contributed by atoms with Gasteiger partial charge in [-0.25, -0.2) is 14.2 Å². The van der Waals surface area contributed by atoms with Crippen molar-refractivity contribution in [2.45, 2.75) is 39.2 Å². The van der Waals surface area contributed by atoms with E-state index in [1.54, 1.807) is 18.2 Å². The molecule has 0 atom stereocenters. The predicted octanol–water partition coefficient (Wildman–Crippen LogP) is 6.28. The van der Waals surface area contributed by atoms with E-state index in [9.17, 15) is 22.8 Å². The van der Waals surface area contributed by atoms with Crippen LogP contribution < -0.4 is 15.0 Å². The molecule has 2 aliphatic heterocycles. The third-order valence-corrected chi connectivity index (χ3v) is 7.68. The summed E-state index contributed by atoms with van der Waals surface area (Å²) in [6, 6.07) is 16.8. The highest BCUT2D eigenvalue weighted by molar-refractivity contribution is 6.31. The summed E-state index contributed by atoms with van der Waals surface area (Å²) in [5.41, 5.74) is 3.95. The third kappa shape index (κ3) is 5.57. The van der Waals surface area contributed by atoms with Crippen LogP contribution in [0.2, 0.25) is 5.02 Å². The molecule has 6 rings (SSSR count). The predicted molar refractivity (Wildman–Crippen MR) is 150 cm³/mol. The fraction of sp³-hybridized carbons (Fsp3) is 0.233. The van der Waals surface area contributed by atoms with Gasteiger partial charge in [0, 0.05) is 43.7 Å². The summed E-state index contributed by atoms with van der Waals surface area (Å²) in [4.78, 5) is 31.3. The zero-order valence-electron chi connectivity index (χ0n) is 22.2. The molecule has 8 nitrogen and oxygen atoms in total. The second kappa shape index (κ2) is 11.5. The van der Waals surface area contributed by atoms with Crippen LogP contribution in [0.25, 0.3) is 11.4 Å². The number of rotatable bonds is 8. The number of nitrogens with zero attached hydrogens (tertiary/aromatic N) is 4. The Balaban J connectivity index is 1.13. The SMILES string of the molecule is O=C1CCN(c2cnc(-c3ccc4c(c3)CN(Cc3ccc(OCc5c(F)cccc5Cl)cc3)C4)n2C(F)F)C(=O)N1. The lowest BCUT2D eigenvalue weighted by molar-refractivity contribution is -0.120. The second-order valence-electron chi connectivity index (χ2n) is 10.1. The molecule has 0 radical (unpaired) electrons. The van der Waals surface area contributed by atoms with Gasteiger partial charge >= 0.3 is 12.6 Å². The molecule has 1 fully saturated rings. The summed E-state index contributed by atoms with van der Waals surface area (Å²) in [5.74, 6) is -0.302. The molecule has 2 aliphatic rings. The number of imide groups is 1. The Labute approximate surface area is 244 Å². The van der Waals surface area contributed by atoms with Crippen molar-refractivity contribution in [2.75, 3.05) is 11.4 Å². The molecule has 3 heterocycles. The van der Waals surface area contributed by atoms with Crippen LogP contribution in [0.4, 0.5) is 23.8 Å². The Kier molecular flexibility index (Phi) is 7.61. The van der Waals surface area contributed by atoms with E-state index in [1.807, 2.05) is 36.4 Å². The maximum atomic E-state index is 14.2. The molecule has 216 valence electrons. The summed E-state index contributed by atoms with van der Waals surface area (Å²) < 4.78 is 48.8. The molecule has 1 saturated heterocycles. The van der Waals surface area contributed by atoms with Gasteiger partial charge in [-0.3, -0.25) is 24.5 Å². The van der Waals surface area contributed by atoms with Crippen molar-refractivity contribution in [2.24, 2.45) is 0 Å². The molecule has 0 bridgehead atoms. The largest absolute Gasteiger partial charge is 0.489 e. The van der Waals surface area contributed by atoms with E-state index >= 15 is 0 Å². The summed E-state index contributed by atoms with van der Waals surface area (Å²) in [6.45, 7) is -0.965. The van der Waals surface area contributed by atoms with Crippen LogP contribution in [0, 0.1) is 5.82 Å². The number of ether oxygens (including phenoxy) is 1. The number of amides is 3. The Hall–Kier alpha value is -4.35. The number of alkyl halides is 2. The number of urea groups is 1. The van der Waals surface area contributed by atoms with Gasteiger partial charge in [-0.05, 0) is 47.0 Å². The minimum absolute atomic E-state index is 0.00526. The molecule has 3 amide bonds. The highest BCUT2D eigenvalue weighted by Gasteiger charge is 2.31. The quantitative estimate of drug-likeness (QED) is 0.259. The van der Waals surface area contributed by atoms with E-state index in [2.05, 4.69) is 15.2 Å². The van der Waals surface area contributed by atoms with Crippen molar-refractivity contribution in [1.29, 1.82) is 0 Å². The van der Waals surface area contributed by atoms with Crippen molar-refractivity contribution >= 4 is 29.4 Å². The number of anilines is 1. The topological polar surface area (TPSA) is 79.7 Å². The highest BCUT2D eigenvalue weighted by atomic mass is 35.5. The fourth-order valence-electron chi connectivity index (χ4n) is 5.23. The van der Waals surface area contributed by atoms with Gasteiger partial charge in [0.05, 0.1) is 11.2 Å². The Morgan fingerprint density at radius 3 is 2.55 bits per heavy atom. The third-order valence-electron chi connectivity index (χ3n) is 7.33. The number of fused-ring (bicyclic) bond motifs is 1. The lowest BCUT2D eigenvalue weighted by Crippen LogP contribution is -2.50. The molecule has 0 aliphatic carbocycles. The Morgan fingerprint density at radius 1 is 1.02 bits per heavy atom. The normalized spacial score (nSPS) is 15.3. The van der Waals surface area contributed by atoms with Gasteiger partial charge in [-0.15, -0.1) is 0 Å². The van der Waals surface area contributed by atoms with Crippen LogP contribution in [0.3, 0.4) is 0 Å². The highest BCUT2D eigenvalue weighted by Crippen LogP contribution is 2.34. The van der Waals surface area contributed by atoms with Crippen molar-refractivity contribution < 1.29 is 27.5 Å². The molecule has 12 heteroatoms. The van der Waals surface area contributed by atoms with Gasteiger partial charge in [-0.2, -0.15) is 8.78 Å². The van der Waals surface area contributed by atoms with Crippen LogP contribution in [0.1, 0.15) is 35.2 Å². The van der Waals surface area contributed by atoms with Crippen LogP contribution in [0.15, 0.2) is 66.9 Å². The fourth-order valence-corrected chi connectivity index (χ4v) is 5.45. The molecular formula is C30H25ClF3N5O3. The number of halogens is 4. The average Bonchev–Trinajstić information content (AvgIpc) is 3.57. The van der Waals surface area contributed by atoms with Gasteiger partial charge in [0.2, 0.25) is 5.91 Å². The van der Waals surface area contributed by atoms with Gasteiger partial charge < -0.3 is 4.74 Å². The number of nitrogens with one attached hydrogen (secondary N) is 1. The second-order valence-corrected chi connectivity index (χ2v) is 10.5. The lowest BCUT2D eigenvalue weighted by atomic mass is 10.1. The standard InChI is InChI=1S/C30H25ClF3N5O3/c31-24-2-1-3-25(32)23(24)17-42-22-8-4-18(5-9-22)14-37-15-20-7-6-19(12-21(20)16-37)28-35-13-27(39(28)29(33)34)38-11-10-26(40)36-30(38)41/h1-9,12-13,29H,10-11,14-17H2,(H,36,40,41). The molecule has 42 heavy (non-hydrogen) atoms. The smallest absolute Gasteiger partial charge is 0.329 e. The molecule has 0 unspecified atom stereocenters. The maximum absolute atomic E-state index is 14.2. The minimum atomic E-state index is -2.94. The number of imidazole rings is 1. The average molecular weight is 596 g/mol. The van der Waals surface area contributed by atoms with E-state index in [0.717, 1.165) is 21.6 Å². The first-order valence-corrected chi connectivity index (χ1v) is 13.6. The Bertz CT molecular complexity index is 1640. The van der Waals surface area contributed by atoms with Crippen LogP contribution >= 0.6 is 11.6 Å². The van der Waals surface area contributed by atoms with Crippen LogP contribution in [-0.4, -0.2) is 32.9 Å². The van der Waals surface area contributed by atoms with Crippen LogP contribution in [0.5, 0.6) is 5.75 Å². The van der Waals surface area contributed by atoms with Crippen molar-refractivity contribution in [3.63, 3.8) is 0 Å². The number of carbonyl (C=O) groups excluding carboxylic acids is 2. The van der Waals surface area contributed by atoms with Crippen molar-refractivity contribution in [1.82, 2.24) is 19.8 Å². The lowest BCUT2D eigenvalue weighted by Gasteiger charge is -2.27. The number of carbonyl (C=O) groups is 2. The molecule has 1 N–H and O–H groups in total. The molecule has 0 saturated carbocycles. The summed E-state index contributed by atoms with van der Waals surface area (Å²) in [5, 5.41) is 2.47. The molecular weight excluding hydrogens is 571 g/mol. The summed E-state index contributed by atoms with van der Waals surface area (Å²) >= 11 is 6.07. The molecule has 0 spiro atoms. The number of hydrogen-bond donors (Lipinski definition) is 1. The van der Waals surface area contributed by atoms with E-state index < -0.39 is 24.3 Å². The number of aromatic nitrogens is 2. The monoisotopic (exact) mass is 595 g/mol. The van der Waals surface area contributed by atoms with Gasteiger partial charge in [0.15, 0.2) is 0 Å². The van der Waals surface area contributed by atoms with Gasteiger partial charge in [0.25, 0.3) is 0 Å². The molecule has 1 aromatic heterocycles. The first-order chi connectivity index (χ1) is 20.3. The van der Waals surface area contributed by atoms with Gasteiger partial charge in [-0.1, -0.05) is 41.9 Å². The Morgan fingerprint density at radius 2 is 1.81 bits per heavy atom. The number of benzene rings is 3. The zero-order valence-corrected chi connectivity index (χ0v) is 23.0. The van der Waals surface area contributed by atoms with Gasteiger partial charge in [0.1, 0.15) is 29.8 Å². The van der Waals surface area contributed by atoms with E-state index in [4.69, 9.17) is 16.3 Å². The minimum Gasteiger partial charge on any atom is -0.489 e. The first-order valence-electron chi connectivity index (χ1n) is 13.2. The number of hydrogen-bond acceptors (Lipinski definition) is 5. The van der Waals surface area contributed by atoms with E-state index in [-0.39, 0.29) is 31.2 Å². The van der Waals surface area contributed by atoms with E-state index in [0.29, 0.717) is 46.1 Å². The zero-order chi connectivity index (χ0) is 29.4. The molecule has 3 aromatic carbocycles. The molecule has 4 aromatic rings.